The van der Waals surface area contributed by atoms with Gasteiger partial charge in [0, 0.05) is 19.5 Å². The van der Waals surface area contributed by atoms with Gasteiger partial charge in [-0.15, -0.1) is 24.8 Å². The van der Waals surface area contributed by atoms with Crippen molar-refractivity contribution in [1.82, 2.24) is 19.8 Å². The van der Waals surface area contributed by atoms with Gasteiger partial charge in [0.1, 0.15) is 5.82 Å². The Morgan fingerprint density at radius 2 is 2.08 bits per heavy atom. The highest BCUT2D eigenvalue weighted by atomic mass is 35.5. The van der Waals surface area contributed by atoms with Crippen LogP contribution in [0.1, 0.15) is 44.5 Å². The molecule has 1 fully saturated rings. The Morgan fingerprint density at radius 1 is 1.32 bits per heavy atom. The average Bonchev–Trinajstić information content (AvgIpc) is 3.18. The van der Waals surface area contributed by atoms with E-state index in [1.165, 1.54) is 5.52 Å². The number of nitrogens with one attached hydrogen (secondary N) is 1. The largest absolute Gasteiger partial charge is 0.333 e. The van der Waals surface area contributed by atoms with E-state index in [1.54, 1.807) is 0 Å². The minimum Gasteiger partial charge on any atom is -0.333 e. The number of para-hydroxylation sites is 2. The predicted octanol–water partition coefficient (Wildman–Crippen LogP) is 3.56. The number of aromatic nitrogens is 2. The normalized spacial score (nSPS) is 16.6. The van der Waals surface area contributed by atoms with Crippen LogP contribution in [0.3, 0.4) is 0 Å². The van der Waals surface area contributed by atoms with Crippen molar-refractivity contribution in [3.8, 4) is 0 Å². The summed E-state index contributed by atoms with van der Waals surface area (Å²) < 4.78 is 2.26. The molecule has 3 rings (SSSR count). The second kappa shape index (κ2) is 10.00. The molecule has 1 aromatic heterocycles. The fourth-order valence-electron chi connectivity index (χ4n) is 3.57. The van der Waals surface area contributed by atoms with Crippen molar-refractivity contribution in [2.24, 2.45) is 0 Å². The van der Waals surface area contributed by atoms with Gasteiger partial charge in [-0.3, -0.25) is 4.79 Å². The van der Waals surface area contributed by atoms with Crippen LogP contribution in [0.15, 0.2) is 24.3 Å². The lowest BCUT2D eigenvalue weighted by Crippen LogP contribution is -2.32. The maximum atomic E-state index is 12.6. The van der Waals surface area contributed by atoms with Gasteiger partial charge >= 0.3 is 0 Å². The summed E-state index contributed by atoms with van der Waals surface area (Å²) in [5.74, 6) is 1.31. The lowest BCUT2D eigenvalue weighted by Gasteiger charge is -2.25. The first kappa shape index (κ1) is 21.7. The van der Waals surface area contributed by atoms with Crippen LogP contribution in [-0.2, 0) is 11.3 Å². The van der Waals surface area contributed by atoms with Gasteiger partial charge in [-0.1, -0.05) is 12.1 Å². The highest BCUT2D eigenvalue weighted by Gasteiger charge is 2.33. The Labute approximate surface area is 162 Å². The number of fused-ring (bicyclic) bond motifs is 1. The molecule has 1 amide bonds. The van der Waals surface area contributed by atoms with E-state index < -0.39 is 0 Å². The molecule has 7 heteroatoms. The number of likely N-dealkylation sites (tertiary alicyclic amines) is 1. The molecule has 140 valence electrons. The summed E-state index contributed by atoms with van der Waals surface area (Å²) in [5, 5.41) is 3.11. The second-order valence-corrected chi connectivity index (χ2v) is 6.16. The summed E-state index contributed by atoms with van der Waals surface area (Å²) in [6.45, 7) is 4.77. The van der Waals surface area contributed by atoms with Crippen LogP contribution in [0, 0.1) is 0 Å². The van der Waals surface area contributed by atoms with Crippen molar-refractivity contribution < 1.29 is 4.79 Å². The molecule has 1 aliphatic rings. The van der Waals surface area contributed by atoms with Gasteiger partial charge in [0.15, 0.2) is 0 Å². The summed E-state index contributed by atoms with van der Waals surface area (Å²) >= 11 is 0. The Kier molecular flexibility index (Phi) is 8.69. The number of halogens is 2. The van der Waals surface area contributed by atoms with Crippen molar-refractivity contribution in [3.05, 3.63) is 30.1 Å². The molecule has 0 bridgehead atoms. The summed E-state index contributed by atoms with van der Waals surface area (Å²) in [5.41, 5.74) is 2.19. The van der Waals surface area contributed by atoms with Gasteiger partial charge in [0.2, 0.25) is 5.91 Å². The second-order valence-electron chi connectivity index (χ2n) is 6.16. The Bertz CT molecular complexity index is 689. The molecule has 2 aromatic rings. The highest BCUT2D eigenvalue weighted by Crippen LogP contribution is 2.33. The molecule has 0 aliphatic carbocycles. The first-order valence-corrected chi connectivity index (χ1v) is 8.65. The first-order chi connectivity index (χ1) is 11.3. The van der Waals surface area contributed by atoms with Crippen LogP contribution in [-0.4, -0.2) is 40.5 Å². The van der Waals surface area contributed by atoms with E-state index in [4.69, 9.17) is 4.98 Å². The van der Waals surface area contributed by atoms with Crippen molar-refractivity contribution in [1.29, 1.82) is 0 Å². The van der Waals surface area contributed by atoms with Gasteiger partial charge in [-0.2, -0.15) is 0 Å². The van der Waals surface area contributed by atoms with Crippen LogP contribution in [0.4, 0.5) is 0 Å². The molecule has 1 aromatic carbocycles. The zero-order valence-electron chi connectivity index (χ0n) is 14.9. The zero-order valence-corrected chi connectivity index (χ0v) is 16.5. The fraction of sp³-hybridized carbons (Fsp3) is 0.556. The number of nitrogens with zero attached hydrogens (tertiary/aromatic N) is 3. The number of aryl methyl sites for hydroxylation is 1. The number of imidazole rings is 1. The van der Waals surface area contributed by atoms with Crippen molar-refractivity contribution >= 4 is 41.8 Å². The zero-order chi connectivity index (χ0) is 16.2. The van der Waals surface area contributed by atoms with Gasteiger partial charge in [0.05, 0.1) is 17.1 Å². The molecule has 2 heterocycles. The molecule has 0 radical (unpaired) electrons. The van der Waals surface area contributed by atoms with E-state index in [0.29, 0.717) is 6.42 Å². The van der Waals surface area contributed by atoms with Crippen LogP contribution in [0.5, 0.6) is 0 Å². The van der Waals surface area contributed by atoms with Crippen LogP contribution >= 0.6 is 24.8 Å². The number of hydrogen-bond donors (Lipinski definition) is 1. The molecular formula is C18H28Cl2N4O. The number of carbonyl (C=O) groups is 1. The van der Waals surface area contributed by atoms with Crippen molar-refractivity contribution in [3.63, 3.8) is 0 Å². The number of benzene rings is 1. The summed E-state index contributed by atoms with van der Waals surface area (Å²) in [7, 11) is 1.92. The quantitative estimate of drug-likeness (QED) is 0.771. The Balaban J connectivity index is 0.00000156. The fourth-order valence-corrected chi connectivity index (χ4v) is 3.57. The number of carbonyl (C=O) groups excluding carboxylic acids is 1. The minimum absolute atomic E-state index is 0. The smallest absolute Gasteiger partial charge is 0.223 e. The number of rotatable bonds is 6. The lowest BCUT2D eigenvalue weighted by atomic mass is 10.2. The molecule has 1 N–H and O–H groups in total. The maximum Gasteiger partial charge on any atom is 0.223 e. The van der Waals surface area contributed by atoms with E-state index in [9.17, 15) is 4.79 Å². The Morgan fingerprint density at radius 3 is 2.80 bits per heavy atom. The van der Waals surface area contributed by atoms with Gasteiger partial charge in [-0.25, -0.2) is 4.98 Å². The molecule has 1 atom stereocenters. The topological polar surface area (TPSA) is 50.2 Å². The average molecular weight is 387 g/mol. The molecule has 1 unspecified atom stereocenters. The number of amides is 1. The van der Waals surface area contributed by atoms with E-state index in [1.807, 2.05) is 18.0 Å². The third-order valence-corrected chi connectivity index (χ3v) is 4.69. The van der Waals surface area contributed by atoms with Crippen LogP contribution in [0.2, 0.25) is 0 Å². The Hall–Kier alpha value is -1.30. The van der Waals surface area contributed by atoms with Crippen LogP contribution < -0.4 is 5.32 Å². The third-order valence-electron chi connectivity index (χ3n) is 4.69. The van der Waals surface area contributed by atoms with Crippen LogP contribution in [0.25, 0.3) is 11.0 Å². The summed E-state index contributed by atoms with van der Waals surface area (Å²) in [6.07, 6.45) is 3.59. The van der Waals surface area contributed by atoms with E-state index in [2.05, 4.69) is 35.0 Å². The minimum atomic E-state index is 0. The van der Waals surface area contributed by atoms with Gasteiger partial charge < -0.3 is 14.8 Å². The molecular weight excluding hydrogens is 359 g/mol. The molecule has 0 saturated carbocycles. The predicted molar refractivity (Wildman–Crippen MR) is 107 cm³/mol. The molecule has 25 heavy (non-hydrogen) atoms. The standard InChI is InChI=1S/C18H26N4O.2ClH/c1-3-21-15-9-5-4-8-14(15)20-18(21)16-10-7-13-22(16)17(23)11-6-12-19-2;;/h4-5,8-9,16,19H,3,6-7,10-13H2,1-2H3;2*1H. The van der Waals surface area contributed by atoms with Crippen molar-refractivity contribution in [2.45, 2.75) is 45.2 Å². The van der Waals surface area contributed by atoms with E-state index in [-0.39, 0.29) is 36.8 Å². The molecule has 1 aliphatic heterocycles. The first-order valence-electron chi connectivity index (χ1n) is 8.65. The third kappa shape index (κ3) is 4.46. The summed E-state index contributed by atoms with van der Waals surface area (Å²) in [6, 6.07) is 8.37. The molecule has 5 nitrogen and oxygen atoms in total. The number of hydrogen-bond acceptors (Lipinski definition) is 3. The highest BCUT2D eigenvalue weighted by molar-refractivity contribution is 5.85. The maximum absolute atomic E-state index is 12.6. The summed E-state index contributed by atoms with van der Waals surface area (Å²) in [4.78, 5) is 19.5. The van der Waals surface area contributed by atoms with Crippen molar-refractivity contribution in [2.75, 3.05) is 20.1 Å². The molecule has 1 saturated heterocycles. The van der Waals surface area contributed by atoms with Gasteiger partial charge in [0.25, 0.3) is 0 Å². The van der Waals surface area contributed by atoms with E-state index >= 15 is 0 Å². The van der Waals surface area contributed by atoms with E-state index in [0.717, 1.165) is 50.2 Å². The molecule has 0 spiro atoms. The SMILES string of the molecule is CCn1c(C2CCCN2C(=O)CCCNC)nc2ccccc21.Cl.Cl. The van der Waals surface area contributed by atoms with Gasteiger partial charge in [-0.05, 0) is 51.9 Å². The monoisotopic (exact) mass is 386 g/mol. The lowest BCUT2D eigenvalue weighted by molar-refractivity contribution is -0.132.